The van der Waals surface area contributed by atoms with Gasteiger partial charge in [-0.15, -0.1) is 0 Å². The van der Waals surface area contributed by atoms with Gasteiger partial charge in [0.2, 0.25) is 0 Å². The van der Waals surface area contributed by atoms with Crippen molar-refractivity contribution in [2.24, 2.45) is 0 Å². The molecule has 10 heteroatoms. The summed E-state index contributed by atoms with van der Waals surface area (Å²) in [4.78, 5) is 21.2. The topological polar surface area (TPSA) is 128 Å². The van der Waals surface area contributed by atoms with E-state index in [1.165, 1.54) is 31.2 Å². The fourth-order valence-electron chi connectivity index (χ4n) is 2.50. The van der Waals surface area contributed by atoms with Crippen molar-refractivity contribution in [2.75, 3.05) is 0 Å². The first-order valence-electron chi connectivity index (χ1n) is 8.02. The lowest BCUT2D eigenvalue weighted by Crippen LogP contribution is -2.34. The van der Waals surface area contributed by atoms with Crippen molar-refractivity contribution in [3.05, 3.63) is 34.4 Å². The summed E-state index contributed by atoms with van der Waals surface area (Å²) in [6, 6.07) is 3.86. The molecule has 1 aromatic rings. The van der Waals surface area contributed by atoms with Crippen molar-refractivity contribution in [1.82, 2.24) is 5.09 Å². The van der Waals surface area contributed by atoms with E-state index >= 15 is 0 Å². The minimum atomic E-state index is -3.96. The molecule has 0 aromatic heterocycles. The summed E-state index contributed by atoms with van der Waals surface area (Å²) < 4.78 is 24.0. The Bertz CT molecular complexity index is 658. The van der Waals surface area contributed by atoms with Crippen LogP contribution < -0.4 is 9.61 Å². The van der Waals surface area contributed by atoms with Gasteiger partial charge in [0.05, 0.1) is 11.0 Å². The van der Waals surface area contributed by atoms with Crippen LogP contribution in [0.15, 0.2) is 24.3 Å². The molecule has 2 N–H and O–H groups in total. The van der Waals surface area contributed by atoms with Gasteiger partial charge in [-0.1, -0.05) is 19.3 Å². The van der Waals surface area contributed by atoms with Gasteiger partial charge in [-0.05, 0) is 31.9 Å². The molecule has 9 nitrogen and oxygen atoms in total. The first-order valence-corrected chi connectivity index (χ1v) is 9.56. The van der Waals surface area contributed by atoms with Gasteiger partial charge in [-0.2, -0.15) is 5.09 Å². The molecule has 1 aliphatic carbocycles. The van der Waals surface area contributed by atoms with Crippen molar-refractivity contribution in [3.63, 3.8) is 0 Å². The summed E-state index contributed by atoms with van der Waals surface area (Å²) in [6.45, 7) is 1.33. The lowest BCUT2D eigenvalue weighted by atomic mass is 9.98. The Morgan fingerprint density at radius 3 is 2.44 bits per heavy atom. The average molecular weight is 372 g/mol. The van der Waals surface area contributed by atoms with Gasteiger partial charge in [0.15, 0.2) is 0 Å². The number of aliphatic carboxylic acids is 1. The van der Waals surface area contributed by atoms with Gasteiger partial charge >= 0.3 is 13.7 Å². The van der Waals surface area contributed by atoms with Crippen LogP contribution in [0.5, 0.6) is 5.75 Å². The normalized spacial score (nSPS) is 18.9. The number of carboxylic acid groups (broad SMARTS) is 1. The Kier molecular flexibility index (Phi) is 6.52. The SMILES string of the molecule is CC(NP(=O)(Oc1ccc([N+](=O)[O-])cc1)OC1CCCCC1)C(=O)O. The Labute approximate surface area is 145 Å². The van der Waals surface area contributed by atoms with Crippen LogP contribution in [0.3, 0.4) is 0 Å². The van der Waals surface area contributed by atoms with Crippen LogP contribution in [0, 0.1) is 10.1 Å². The van der Waals surface area contributed by atoms with Gasteiger partial charge in [0.1, 0.15) is 11.8 Å². The van der Waals surface area contributed by atoms with E-state index in [-0.39, 0.29) is 17.5 Å². The zero-order valence-corrected chi connectivity index (χ0v) is 14.7. The highest BCUT2D eigenvalue weighted by molar-refractivity contribution is 7.52. The van der Waals surface area contributed by atoms with Gasteiger partial charge in [-0.25, -0.2) is 4.57 Å². The van der Waals surface area contributed by atoms with Gasteiger partial charge in [0, 0.05) is 12.1 Å². The summed E-state index contributed by atoms with van der Waals surface area (Å²) in [5, 5.41) is 22.1. The molecule has 0 radical (unpaired) electrons. The molecule has 2 unspecified atom stereocenters. The van der Waals surface area contributed by atoms with Crippen molar-refractivity contribution < 1.29 is 28.4 Å². The second-order valence-corrected chi connectivity index (χ2v) is 7.54. The summed E-state index contributed by atoms with van der Waals surface area (Å²) in [5.74, 6) is -1.10. The quantitative estimate of drug-likeness (QED) is 0.403. The molecule has 1 saturated carbocycles. The molecule has 0 aliphatic heterocycles. The standard InChI is InChI=1S/C15H21N2O7P/c1-11(15(18)19)16-25(22,23-13-5-3-2-4-6-13)24-14-9-7-12(8-10-14)17(20)21/h7-11,13H,2-6H2,1H3,(H,16,22)(H,18,19). The molecule has 2 atom stereocenters. The van der Waals surface area contributed by atoms with E-state index in [0.717, 1.165) is 32.1 Å². The Hall–Kier alpha value is -1.96. The number of hydrogen-bond acceptors (Lipinski definition) is 6. The van der Waals surface area contributed by atoms with Crippen LogP contribution in [0.25, 0.3) is 0 Å². The van der Waals surface area contributed by atoms with Crippen LogP contribution >= 0.6 is 7.75 Å². The van der Waals surface area contributed by atoms with Crippen molar-refractivity contribution in [1.29, 1.82) is 0 Å². The van der Waals surface area contributed by atoms with Gasteiger partial charge in [0.25, 0.3) is 5.69 Å². The third-order valence-electron chi connectivity index (χ3n) is 3.84. The average Bonchev–Trinajstić information content (AvgIpc) is 2.55. The number of hydrogen-bond donors (Lipinski definition) is 2. The minimum Gasteiger partial charge on any atom is -0.480 e. The highest BCUT2D eigenvalue weighted by Crippen LogP contribution is 2.48. The van der Waals surface area contributed by atoms with E-state index in [2.05, 4.69) is 5.09 Å². The number of nitrogens with zero attached hydrogens (tertiary/aromatic N) is 1. The third kappa shape index (κ3) is 5.81. The number of nitrogens with one attached hydrogen (secondary N) is 1. The summed E-state index contributed by atoms with van der Waals surface area (Å²) >= 11 is 0. The first kappa shape index (κ1) is 19.4. The number of carbonyl (C=O) groups is 1. The molecule has 0 amide bonds. The Morgan fingerprint density at radius 2 is 1.92 bits per heavy atom. The molecule has 0 heterocycles. The van der Waals surface area contributed by atoms with E-state index in [1.807, 2.05) is 0 Å². The number of rotatable bonds is 8. The van der Waals surface area contributed by atoms with Crippen LogP contribution in [-0.4, -0.2) is 28.1 Å². The van der Waals surface area contributed by atoms with E-state index in [1.54, 1.807) is 0 Å². The number of benzene rings is 1. The van der Waals surface area contributed by atoms with E-state index in [4.69, 9.17) is 14.2 Å². The summed E-state index contributed by atoms with van der Waals surface area (Å²) in [6.07, 6.45) is 4.11. The molecule has 0 saturated heterocycles. The minimum absolute atomic E-state index is 0.0924. The maximum absolute atomic E-state index is 13.0. The lowest BCUT2D eigenvalue weighted by molar-refractivity contribution is -0.384. The van der Waals surface area contributed by atoms with Gasteiger partial charge in [-0.3, -0.25) is 19.4 Å². The Balaban J connectivity index is 2.15. The van der Waals surface area contributed by atoms with Crippen molar-refractivity contribution in [3.8, 4) is 5.75 Å². The lowest BCUT2D eigenvalue weighted by Gasteiger charge is -2.28. The van der Waals surface area contributed by atoms with Crippen LogP contribution in [0.1, 0.15) is 39.0 Å². The highest BCUT2D eigenvalue weighted by atomic mass is 31.2. The zero-order chi connectivity index (χ0) is 18.4. The molecule has 1 aliphatic rings. The predicted octanol–water partition coefficient (Wildman–Crippen LogP) is 3.49. The fourth-order valence-corrected chi connectivity index (χ4v) is 4.25. The Morgan fingerprint density at radius 1 is 1.32 bits per heavy atom. The molecular formula is C15H21N2O7P. The molecule has 0 spiro atoms. The second-order valence-electron chi connectivity index (χ2n) is 5.89. The molecule has 2 rings (SSSR count). The molecule has 1 fully saturated rings. The van der Waals surface area contributed by atoms with E-state index < -0.39 is 24.7 Å². The third-order valence-corrected chi connectivity index (χ3v) is 5.57. The summed E-state index contributed by atoms with van der Waals surface area (Å²) in [5.41, 5.74) is -0.137. The number of nitro groups is 1. The second kappa shape index (κ2) is 8.42. The first-order chi connectivity index (χ1) is 11.8. The number of carboxylic acids is 1. The molecule has 25 heavy (non-hydrogen) atoms. The number of non-ortho nitro benzene ring substituents is 1. The largest absolute Gasteiger partial charge is 0.480 e. The van der Waals surface area contributed by atoms with Gasteiger partial charge < -0.3 is 9.63 Å². The van der Waals surface area contributed by atoms with Crippen molar-refractivity contribution in [2.45, 2.75) is 51.2 Å². The van der Waals surface area contributed by atoms with Crippen LogP contribution in [0.4, 0.5) is 5.69 Å². The van der Waals surface area contributed by atoms with Crippen molar-refractivity contribution >= 4 is 19.4 Å². The molecular weight excluding hydrogens is 351 g/mol. The fraction of sp³-hybridized carbons (Fsp3) is 0.533. The summed E-state index contributed by atoms with van der Waals surface area (Å²) in [7, 11) is -3.96. The monoisotopic (exact) mass is 372 g/mol. The van der Waals surface area contributed by atoms with E-state index in [9.17, 15) is 19.5 Å². The maximum Gasteiger partial charge on any atom is 0.459 e. The number of nitro benzene ring substituents is 1. The zero-order valence-electron chi connectivity index (χ0n) is 13.8. The predicted molar refractivity (Wildman–Crippen MR) is 89.5 cm³/mol. The molecule has 138 valence electrons. The smallest absolute Gasteiger partial charge is 0.459 e. The molecule has 1 aromatic carbocycles. The van der Waals surface area contributed by atoms with Crippen LogP contribution in [-0.2, 0) is 13.9 Å². The van der Waals surface area contributed by atoms with Crippen LogP contribution in [0.2, 0.25) is 0 Å². The maximum atomic E-state index is 13.0. The molecule has 0 bridgehead atoms. The highest BCUT2D eigenvalue weighted by Gasteiger charge is 2.35. The van der Waals surface area contributed by atoms with E-state index in [0.29, 0.717) is 0 Å².